The summed E-state index contributed by atoms with van der Waals surface area (Å²) < 4.78 is 0. The maximum Gasteiger partial charge on any atom is 0.247 e. The number of para-hydroxylation sites is 1. The van der Waals surface area contributed by atoms with E-state index >= 15 is 0 Å². The van der Waals surface area contributed by atoms with Gasteiger partial charge in [0.1, 0.15) is 0 Å². The Bertz CT molecular complexity index is 797. The van der Waals surface area contributed by atoms with Crippen molar-refractivity contribution in [1.82, 2.24) is 0 Å². The lowest BCUT2D eigenvalue weighted by molar-refractivity contribution is -0.121. The number of imide groups is 1. The molecule has 1 aliphatic heterocycles. The van der Waals surface area contributed by atoms with Gasteiger partial charge in [-0.1, -0.05) is 35.3 Å². The van der Waals surface area contributed by atoms with Gasteiger partial charge in [0, 0.05) is 17.0 Å². The zero-order valence-corrected chi connectivity index (χ0v) is 14.2. The third kappa shape index (κ3) is 3.17. The Balaban J connectivity index is 1.85. The molecular formula is C16H12Cl2N2O2S. The Hall–Kier alpha value is -1.69. The van der Waals surface area contributed by atoms with Gasteiger partial charge >= 0.3 is 0 Å². The number of carbonyl (C=O) groups excluding carboxylic acids is 2. The number of carbonyl (C=O) groups is 2. The van der Waals surface area contributed by atoms with E-state index in [1.54, 1.807) is 18.2 Å². The average Bonchev–Trinajstić information content (AvgIpc) is 2.79. The zero-order valence-electron chi connectivity index (χ0n) is 11.8. The first-order valence-electron chi connectivity index (χ1n) is 6.80. The van der Waals surface area contributed by atoms with E-state index in [1.165, 1.54) is 17.8 Å². The van der Waals surface area contributed by atoms with E-state index in [0.29, 0.717) is 21.4 Å². The van der Waals surface area contributed by atoms with Gasteiger partial charge in [-0.25, -0.2) is 4.90 Å². The van der Waals surface area contributed by atoms with Crippen molar-refractivity contribution in [3.8, 4) is 0 Å². The third-order valence-corrected chi connectivity index (χ3v) is 5.47. The summed E-state index contributed by atoms with van der Waals surface area (Å²) in [5.74, 6) is -0.540. The van der Waals surface area contributed by atoms with Gasteiger partial charge in [0.2, 0.25) is 11.8 Å². The number of nitrogens with zero attached hydrogens (tertiary/aromatic N) is 1. The topological polar surface area (TPSA) is 63.4 Å². The van der Waals surface area contributed by atoms with Crippen LogP contribution in [0.15, 0.2) is 47.4 Å². The fourth-order valence-corrected chi connectivity index (χ4v) is 3.72. The van der Waals surface area contributed by atoms with Crippen LogP contribution in [0.3, 0.4) is 0 Å². The number of anilines is 2. The van der Waals surface area contributed by atoms with Crippen LogP contribution in [-0.4, -0.2) is 17.1 Å². The molecule has 1 fully saturated rings. The molecule has 2 amide bonds. The highest BCUT2D eigenvalue weighted by molar-refractivity contribution is 8.00. The van der Waals surface area contributed by atoms with E-state index in [9.17, 15) is 9.59 Å². The van der Waals surface area contributed by atoms with Crippen molar-refractivity contribution in [1.29, 1.82) is 0 Å². The summed E-state index contributed by atoms with van der Waals surface area (Å²) >= 11 is 13.1. The second-order valence-corrected chi connectivity index (χ2v) is 7.07. The molecule has 1 heterocycles. The summed E-state index contributed by atoms with van der Waals surface area (Å²) in [6.07, 6.45) is 0.123. The number of hydrogen-bond acceptors (Lipinski definition) is 4. The van der Waals surface area contributed by atoms with Crippen LogP contribution >= 0.6 is 35.0 Å². The first kappa shape index (κ1) is 16.2. The molecule has 0 saturated carbocycles. The molecule has 0 unspecified atom stereocenters. The molecule has 0 radical (unpaired) electrons. The largest absolute Gasteiger partial charge is 0.398 e. The minimum Gasteiger partial charge on any atom is -0.398 e. The Labute approximate surface area is 147 Å². The first-order chi connectivity index (χ1) is 11.0. The number of rotatable bonds is 3. The number of nitrogens with two attached hydrogens (primary N) is 1. The molecule has 7 heteroatoms. The maximum absolute atomic E-state index is 12.6. The molecule has 1 aliphatic rings. The van der Waals surface area contributed by atoms with Crippen LogP contribution in [-0.2, 0) is 9.59 Å². The smallest absolute Gasteiger partial charge is 0.247 e. The highest BCUT2D eigenvalue weighted by Crippen LogP contribution is 2.37. The monoisotopic (exact) mass is 366 g/mol. The summed E-state index contributed by atoms with van der Waals surface area (Å²) in [5.41, 5.74) is 6.92. The Morgan fingerprint density at radius 2 is 1.83 bits per heavy atom. The minimum atomic E-state index is -0.498. The van der Waals surface area contributed by atoms with Crippen molar-refractivity contribution in [2.75, 3.05) is 10.6 Å². The molecule has 1 saturated heterocycles. The number of nitrogen functional groups attached to an aromatic ring is 1. The van der Waals surface area contributed by atoms with E-state index < -0.39 is 5.25 Å². The molecule has 2 aromatic carbocycles. The van der Waals surface area contributed by atoms with Crippen molar-refractivity contribution in [2.45, 2.75) is 16.6 Å². The Morgan fingerprint density at radius 1 is 1.09 bits per heavy atom. The number of hydrogen-bond donors (Lipinski definition) is 1. The first-order valence-corrected chi connectivity index (χ1v) is 8.44. The summed E-state index contributed by atoms with van der Waals surface area (Å²) in [4.78, 5) is 26.8. The summed E-state index contributed by atoms with van der Waals surface area (Å²) in [6.45, 7) is 0. The highest BCUT2D eigenvalue weighted by atomic mass is 35.5. The van der Waals surface area contributed by atoms with Crippen LogP contribution in [0.4, 0.5) is 11.4 Å². The fraction of sp³-hybridized carbons (Fsp3) is 0.125. The molecule has 3 rings (SSSR count). The SMILES string of the molecule is Nc1ccccc1S[C@@H]1CC(=O)N(c2ccc(Cl)c(Cl)c2)C1=O. The van der Waals surface area contributed by atoms with Crippen LogP contribution in [0.2, 0.25) is 10.0 Å². The van der Waals surface area contributed by atoms with Gasteiger partial charge < -0.3 is 5.73 Å². The number of amides is 2. The van der Waals surface area contributed by atoms with Crippen LogP contribution in [0.5, 0.6) is 0 Å². The van der Waals surface area contributed by atoms with Crippen molar-refractivity contribution in [3.63, 3.8) is 0 Å². The maximum atomic E-state index is 12.6. The molecule has 0 spiro atoms. The van der Waals surface area contributed by atoms with Gasteiger partial charge in [-0.05, 0) is 30.3 Å². The molecule has 0 aliphatic carbocycles. The van der Waals surface area contributed by atoms with Crippen LogP contribution < -0.4 is 10.6 Å². The van der Waals surface area contributed by atoms with Crippen molar-refractivity contribution in [3.05, 3.63) is 52.5 Å². The quantitative estimate of drug-likeness (QED) is 0.658. The van der Waals surface area contributed by atoms with Crippen molar-refractivity contribution in [2.24, 2.45) is 0 Å². The molecule has 4 nitrogen and oxygen atoms in total. The highest BCUT2D eigenvalue weighted by Gasteiger charge is 2.40. The number of thioether (sulfide) groups is 1. The Kier molecular flexibility index (Phi) is 4.53. The lowest BCUT2D eigenvalue weighted by Crippen LogP contribution is -2.31. The molecule has 118 valence electrons. The normalized spacial score (nSPS) is 17.8. The third-order valence-electron chi connectivity index (χ3n) is 3.45. The van der Waals surface area contributed by atoms with E-state index in [4.69, 9.17) is 28.9 Å². The molecule has 23 heavy (non-hydrogen) atoms. The zero-order chi connectivity index (χ0) is 16.6. The van der Waals surface area contributed by atoms with Gasteiger partial charge in [-0.3, -0.25) is 9.59 Å². The van der Waals surface area contributed by atoms with Gasteiger partial charge in [0.25, 0.3) is 0 Å². The second-order valence-electron chi connectivity index (χ2n) is 5.01. The van der Waals surface area contributed by atoms with E-state index in [1.807, 2.05) is 18.2 Å². The lowest BCUT2D eigenvalue weighted by atomic mass is 10.3. The number of halogens is 2. The van der Waals surface area contributed by atoms with E-state index in [2.05, 4.69) is 0 Å². The van der Waals surface area contributed by atoms with E-state index in [0.717, 1.165) is 9.80 Å². The molecule has 0 bridgehead atoms. The average molecular weight is 367 g/mol. The van der Waals surface area contributed by atoms with E-state index in [-0.39, 0.29) is 18.2 Å². The number of benzene rings is 2. The standard InChI is InChI=1S/C16H12Cl2N2O2S/c17-10-6-5-9(7-11(10)18)20-15(21)8-14(16(20)22)23-13-4-2-1-3-12(13)19/h1-7,14H,8,19H2/t14-/m1/s1. The predicted octanol–water partition coefficient (Wildman–Crippen LogP) is 4.00. The minimum absolute atomic E-state index is 0.123. The van der Waals surface area contributed by atoms with Gasteiger partial charge in [0.15, 0.2) is 0 Å². The van der Waals surface area contributed by atoms with Gasteiger partial charge in [0.05, 0.1) is 21.0 Å². The fourth-order valence-electron chi connectivity index (χ4n) is 2.33. The molecule has 1 atom stereocenters. The van der Waals surface area contributed by atoms with Crippen molar-refractivity contribution >= 4 is 58.2 Å². The molecule has 2 N–H and O–H groups in total. The van der Waals surface area contributed by atoms with Gasteiger partial charge in [-0.2, -0.15) is 0 Å². The summed E-state index contributed by atoms with van der Waals surface area (Å²) in [7, 11) is 0. The van der Waals surface area contributed by atoms with Crippen LogP contribution in [0.1, 0.15) is 6.42 Å². The predicted molar refractivity (Wildman–Crippen MR) is 94.1 cm³/mol. The van der Waals surface area contributed by atoms with Crippen LogP contribution in [0.25, 0.3) is 0 Å². The second kappa shape index (κ2) is 6.43. The van der Waals surface area contributed by atoms with Gasteiger partial charge in [-0.15, -0.1) is 11.8 Å². The Morgan fingerprint density at radius 3 is 2.52 bits per heavy atom. The van der Waals surface area contributed by atoms with Crippen LogP contribution in [0, 0.1) is 0 Å². The molecule has 2 aromatic rings. The molecular weight excluding hydrogens is 355 g/mol. The summed E-state index contributed by atoms with van der Waals surface area (Å²) in [6, 6.07) is 12.0. The summed E-state index contributed by atoms with van der Waals surface area (Å²) in [5, 5.41) is 0.173. The van der Waals surface area contributed by atoms with Crippen molar-refractivity contribution < 1.29 is 9.59 Å². The lowest BCUT2D eigenvalue weighted by Gasteiger charge is -2.15. The molecule has 0 aromatic heterocycles.